The molecule has 5 heteroatoms. The van der Waals surface area contributed by atoms with Crippen molar-refractivity contribution in [1.82, 2.24) is 9.55 Å². The van der Waals surface area contributed by atoms with Gasteiger partial charge in [-0.05, 0) is 53.8 Å². The van der Waals surface area contributed by atoms with Gasteiger partial charge in [-0.1, -0.05) is 82.0 Å². The molecular weight excluding hydrogens is 446 g/mol. The number of rotatable bonds is 13. The van der Waals surface area contributed by atoms with Crippen LogP contribution >= 0.6 is 0 Å². The highest BCUT2D eigenvalue weighted by Gasteiger charge is 2.16. The molecule has 0 saturated heterocycles. The minimum atomic E-state index is -0.910. The zero-order valence-corrected chi connectivity index (χ0v) is 21.5. The number of unbranched alkanes of at least 4 members (excludes halogenated alkanes) is 4. The van der Waals surface area contributed by atoms with Gasteiger partial charge in [-0.15, -0.1) is 0 Å². The summed E-state index contributed by atoms with van der Waals surface area (Å²) in [5.41, 5.74) is 6.11. The van der Waals surface area contributed by atoms with Gasteiger partial charge in [0.15, 0.2) is 0 Å². The van der Waals surface area contributed by atoms with Gasteiger partial charge < -0.3 is 15.0 Å². The highest BCUT2D eigenvalue weighted by molar-refractivity contribution is 5.96. The molecule has 0 spiro atoms. The molecule has 1 aromatic heterocycles. The number of anilines is 1. The first-order chi connectivity index (χ1) is 17.6. The van der Waals surface area contributed by atoms with E-state index < -0.39 is 5.97 Å². The van der Waals surface area contributed by atoms with Gasteiger partial charge in [0.1, 0.15) is 5.82 Å². The first-order valence-corrected chi connectivity index (χ1v) is 13.3. The van der Waals surface area contributed by atoms with Crippen molar-refractivity contribution in [2.45, 2.75) is 65.3 Å². The maximum absolute atomic E-state index is 12.2. The molecular formula is C31H37N3O2. The molecule has 5 nitrogen and oxygen atoms in total. The summed E-state index contributed by atoms with van der Waals surface area (Å²) in [5.74, 6) is 0.142. The maximum atomic E-state index is 12.2. The number of carboxylic acids is 1. The predicted molar refractivity (Wildman–Crippen MR) is 149 cm³/mol. The molecule has 4 aromatic rings. The first kappa shape index (κ1) is 25.5. The largest absolute Gasteiger partial charge is 0.478 e. The third-order valence-electron chi connectivity index (χ3n) is 6.68. The molecule has 3 aromatic carbocycles. The number of benzene rings is 3. The van der Waals surface area contributed by atoms with E-state index in [0.717, 1.165) is 65.0 Å². The second kappa shape index (κ2) is 12.4. The first-order valence-electron chi connectivity index (χ1n) is 13.3. The normalized spacial score (nSPS) is 11.2. The van der Waals surface area contributed by atoms with Gasteiger partial charge in [-0.25, -0.2) is 9.78 Å². The second-order valence-corrected chi connectivity index (χ2v) is 9.46. The number of carbonyl (C=O) groups is 1. The Hall–Kier alpha value is -3.60. The van der Waals surface area contributed by atoms with Crippen molar-refractivity contribution in [3.05, 3.63) is 83.7 Å². The fourth-order valence-corrected chi connectivity index (χ4v) is 4.69. The fraction of sp³-hybridized carbons (Fsp3) is 0.355. The summed E-state index contributed by atoms with van der Waals surface area (Å²) in [7, 11) is 0. The Morgan fingerprint density at radius 2 is 1.72 bits per heavy atom. The monoisotopic (exact) mass is 483 g/mol. The Bertz CT molecular complexity index is 1290. The molecule has 188 valence electrons. The zero-order valence-electron chi connectivity index (χ0n) is 21.5. The number of hydrogen-bond donors (Lipinski definition) is 2. The van der Waals surface area contributed by atoms with E-state index in [2.05, 4.69) is 41.9 Å². The molecule has 0 unspecified atom stereocenters. The van der Waals surface area contributed by atoms with Crippen LogP contribution in [0.3, 0.4) is 0 Å². The van der Waals surface area contributed by atoms with E-state index in [1.165, 1.54) is 25.7 Å². The summed E-state index contributed by atoms with van der Waals surface area (Å²) in [6, 6.07) is 21.9. The molecule has 0 amide bonds. The minimum absolute atomic E-state index is 0.327. The van der Waals surface area contributed by atoms with Gasteiger partial charge in [-0.3, -0.25) is 0 Å². The predicted octanol–water partition coefficient (Wildman–Crippen LogP) is 7.78. The molecule has 0 fully saturated rings. The van der Waals surface area contributed by atoms with Gasteiger partial charge in [0.05, 0.1) is 16.6 Å². The lowest BCUT2D eigenvalue weighted by molar-refractivity contribution is 0.0697. The van der Waals surface area contributed by atoms with E-state index in [-0.39, 0.29) is 0 Å². The van der Waals surface area contributed by atoms with Crippen LogP contribution < -0.4 is 5.32 Å². The van der Waals surface area contributed by atoms with Gasteiger partial charge in [0, 0.05) is 25.2 Å². The molecule has 0 aliphatic carbocycles. The average molecular weight is 484 g/mol. The molecule has 1 heterocycles. The summed E-state index contributed by atoms with van der Waals surface area (Å²) in [4.78, 5) is 17.1. The van der Waals surface area contributed by atoms with E-state index in [4.69, 9.17) is 4.98 Å². The van der Waals surface area contributed by atoms with E-state index in [1.807, 2.05) is 48.5 Å². The van der Waals surface area contributed by atoms with Crippen molar-refractivity contribution < 1.29 is 9.90 Å². The molecule has 0 aliphatic heterocycles. The summed E-state index contributed by atoms with van der Waals surface area (Å²) in [5, 5.41) is 13.5. The molecule has 0 saturated carbocycles. The summed E-state index contributed by atoms with van der Waals surface area (Å²) >= 11 is 0. The molecule has 4 rings (SSSR count). The van der Waals surface area contributed by atoms with Crippen LogP contribution in [0.25, 0.3) is 22.2 Å². The lowest BCUT2D eigenvalue weighted by Crippen LogP contribution is -2.08. The fourth-order valence-electron chi connectivity index (χ4n) is 4.69. The Morgan fingerprint density at radius 1 is 0.917 bits per heavy atom. The highest BCUT2D eigenvalue weighted by Crippen LogP contribution is 2.27. The standard InChI is InChI=1S/C31H37N3O2/c1-3-5-7-11-19-32-25-16-18-28-29(21-25)34(30(33-28)14-6-4-2)22-23-15-17-26(27(20-23)31(35)36)24-12-9-8-10-13-24/h8-10,12-13,15-18,20-21,32H,3-7,11,14,19,22H2,1-2H3,(H,35,36). The Kier molecular flexibility index (Phi) is 8.77. The van der Waals surface area contributed by atoms with Crippen molar-refractivity contribution in [1.29, 1.82) is 0 Å². The van der Waals surface area contributed by atoms with E-state index in [1.54, 1.807) is 0 Å². The highest BCUT2D eigenvalue weighted by atomic mass is 16.4. The number of imidazole rings is 1. The number of nitrogens with zero attached hydrogens (tertiary/aromatic N) is 2. The van der Waals surface area contributed by atoms with Gasteiger partial charge >= 0.3 is 5.97 Å². The lowest BCUT2D eigenvalue weighted by Gasteiger charge is -2.13. The smallest absolute Gasteiger partial charge is 0.336 e. The van der Waals surface area contributed by atoms with Crippen molar-refractivity contribution >= 4 is 22.7 Å². The molecule has 0 aliphatic rings. The van der Waals surface area contributed by atoms with Gasteiger partial charge in [-0.2, -0.15) is 0 Å². The summed E-state index contributed by atoms with van der Waals surface area (Å²) in [6.07, 6.45) is 7.99. The van der Waals surface area contributed by atoms with Crippen molar-refractivity contribution in [3.8, 4) is 11.1 Å². The second-order valence-electron chi connectivity index (χ2n) is 9.46. The van der Waals surface area contributed by atoms with Crippen LogP contribution in [0.1, 0.15) is 74.1 Å². The quantitative estimate of drug-likeness (QED) is 0.191. The SMILES string of the molecule is CCCCCCNc1ccc2nc(CCCC)n(Cc3ccc(-c4ccccc4)c(C(=O)O)c3)c2c1. The van der Waals surface area contributed by atoms with Gasteiger partial charge in [0.25, 0.3) is 0 Å². The minimum Gasteiger partial charge on any atom is -0.478 e. The van der Waals surface area contributed by atoms with Crippen molar-refractivity contribution in [3.63, 3.8) is 0 Å². The Morgan fingerprint density at radius 3 is 2.47 bits per heavy atom. The van der Waals surface area contributed by atoms with Crippen molar-refractivity contribution in [2.75, 3.05) is 11.9 Å². The molecule has 36 heavy (non-hydrogen) atoms. The number of fused-ring (bicyclic) bond motifs is 1. The average Bonchev–Trinajstić information content (AvgIpc) is 3.24. The molecule has 0 atom stereocenters. The number of aromatic carboxylic acids is 1. The Labute approximate surface area is 214 Å². The van der Waals surface area contributed by atoms with Gasteiger partial charge in [0.2, 0.25) is 0 Å². The zero-order chi connectivity index (χ0) is 25.3. The lowest BCUT2D eigenvalue weighted by atomic mass is 9.97. The van der Waals surface area contributed by atoms with Crippen LogP contribution in [0.2, 0.25) is 0 Å². The topological polar surface area (TPSA) is 67.2 Å². The van der Waals surface area contributed by atoms with Crippen molar-refractivity contribution in [2.24, 2.45) is 0 Å². The Balaban J connectivity index is 1.66. The van der Waals surface area contributed by atoms with Crippen LogP contribution in [0, 0.1) is 0 Å². The summed E-state index contributed by atoms with van der Waals surface area (Å²) < 4.78 is 2.26. The number of aryl methyl sites for hydroxylation is 1. The number of nitrogens with one attached hydrogen (secondary N) is 1. The summed E-state index contributed by atoms with van der Waals surface area (Å²) in [6.45, 7) is 5.97. The van der Waals surface area contributed by atoms with E-state index in [0.29, 0.717) is 12.1 Å². The third-order valence-corrected chi connectivity index (χ3v) is 6.68. The van der Waals surface area contributed by atoms with E-state index in [9.17, 15) is 9.90 Å². The van der Waals surface area contributed by atoms with Crippen LogP contribution in [0.4, 0.5) is 5.69 Å². The molecule has 0 radical (unpaired) electrons. The van der Waals surface area contributed by atoms with Crippen LogP contribution in [-0.2, 0) is 13.0 Å². The van der Waals surface area contributed by atoms with Crippen LogP contribution in [-0.4, -0.2) is 27.2 Å². The van der Waals surface area contributed by atoms with Crippen LogP contribution in [0.15, 0.2) is 66.7 Å². The van der Waals surface area contributed by atoms with E-state index >= 15 is 0 Å². The third kappa shape index (κ3) is 6.14. The number of carboxylic acid groups (broad SMARTS) is 1. The molecule has 0 bridgehead atoms. The van der Waals surface area contributed by atoms with Crippen LogP contribution in [0.5, 0.6) is 0 Å². The number of aromatic nitrogens is 2. The maximum Gasteiger partial charge on any atom is 0.336 e. The molecule has 2 N–H and O–H groups in total. The number of hydrogen-bond acceptors (Lipinski definition) is 3.